The van der Waals surface area contributed by atoms with Crippen molar-refractivity contribution in [3.63, 3.8) is 0 Å². The van der Waals surface area contributed by atoms with Gasteiger partial charge < -0.3 is 4.74 Å². The molecule has 0 N–H and O–H groups in total. The second-order valence-corrected chi connectivity index (χ2v) is 4.07. The summed E-state index contributed by atoms with van der Waals surface area (Å²) in [5.74, 6) is -0.201. The Bertz CT molecular complexity index is 337. The molecule has 88 valence electrons. The molecule has 16 heavy (non-hydrogen) atoms. The second kappa shape index (κ2) is 6.48. The maximum absolute atomic E-state index is 11.1. The highest BCUT2D eigenvalue weighted by molar-refractivity contribution is 6.20. The number of hydrogen-bond acceptors (Lipinski definition) is 3. The normalized spacial score (nSPS) is 12.2. The number of halogens is 1. The molecule has 0 radical (unpaired) electrons. The van der Waals surface area contributed by atoms with Gasteiger partial charge in [-0.2, -0.15) is 0 Å². The fraction of sp³-hybridized carbons (Fsp3) is 0.500. The molecule has 1 rings (SSSR count). The Morgan fingerprint density at radius 3 is 2.88 bits per heavy atom. The van der Waals surface area contributed by atoms with Gasteiger partial charge in [0.15, 0.2) is 0 Å². The van der Waals surface area contributed by atoms with E-state index in [9.17, 15) is 4.79 Å². The summed E-state index contributed by atoms with van der Waals surface area (Å²) in [6, 6.07) is 3.85. The number of nitrogens with zero attached hydrogens (tertiary/aromatic N) is 1. The average molecular weight is 242 g/mol. The van der Waals surface area contributed by atoms with Crippen LogP contribution in [0.4, 0.5) is 0 Å². The van der Waals surface area contributed by atoms with Crippen LogP contribution in [0.15, 0.2) is 18.3 Å². The molecule has 1 unspecified atom stereocenters. The van der Waals surface area contributed by atoms with Gasteiger partial charge in [0.25, 0.3) is 0 Å². The van der Waals surface area contributed by atoms with E-state index in [1.807, 2.05) is 19.1 Å². The Morgan fingerprint density at radius 1 is 1.56 bits per heavy atom. The van der Waals surface area contributed by atoms with Gasteiger partial charge in [0.2, 0.25) is 0 Å². The van der Waals surface area contributed by atoms with Crippen LogP contribution < -0.4 is 0 Å². The standard InChI is InChI=1S/C12H16ClNO2/c1-3-16-12(15)7-6-11(13)10-5-4-9(2)14-8-10/h4-5,8,11H,3,6-7H2,1-2H3. The Kier molecular flexibility index (Phi) is 5.26. The van der Waals surface area contributed by atoms with E-state index in [-0.39, 0.29) is 11.3 Å². The summed E-state index contributed by atoms with van der Waals surface area (Å²) in [6.45, 7) is 4.13. The lowest BCUT2D eigenvalue weighted by molar-refractivity contribution is -0.143. The highest BCUT2D eigenvalue weighted by Gasteiger charge is 2.11. The molecule has 4 heteroatoms. The lowest BCUT2D eigenvalue weighted by Crippen LogP contribution is -2.05. The predicted molar refractivity (Wildman–Crippen MR) is 63.4 cm³/mol. The molecule has 0 fully saturated rings. The van der Waals surface area contributed by atoms with Crippen molar-refractivity contribution < 1.29 is 9.53 Å². The average Bonchev–Trinajstić information content (AvgIpc) is 2.27. The lowest BCUT2D eigenvalue weighted by Gasteiger charge is -2.09. The van der Waals surface area contributed by atoms with E-state index in [1.54, 1.807) is 13.1 Å². The molecule has 1 atom stereocenters. The van der Waals surface area contributed by atoms with Crippen LogP contribution in [0.5, 0.6) is 0 Å². The van der Waals surface area contributed by atoms with Crippen molar-refractivity contribution in [1.29, 1.82) is 0 Å². The number of carbonyl (C=O) groups excluding carboxylic acids is 1. The van der Waals surface area contributed by atoms with Gasteiger partial charge in [0.1, 0.15) is 0 Å². The highest BCUT2D eigenvalue weighted by Crippen LogP contribution is 2.25. The van der Waals surface area contributed by atoms with E-state index in [1.165, 1.54) is 0 Å². The Balaban J connectivity index is 2.43. The van der Waals surface area contributed by atoms with Crippen LogP contribution in [-0.4, -0.2) is 17.6 Å². The van der Waals surface area contributed by atoms with E-state index < -0.39 is 0 Å². The molecular formula is C12H16ClNO2. The number of aryl methyl sites for hydroxylation is 1. The number of alkyl halides is 1. The van der Waals surface area contributed by atoms with Crippen molar-refractivity contribution in [2.24, 2.45) is 0 Å². The first-order valence-electron chi connectivity index (χ1n) is 5.35. The van der Waals surface area contributed by atoms with Gasteiger partial charge in [-0.3, -0.25) is 9.78 Å². The third-order valence-electron chi connectivity index (χ3n) is 2.20. The van der Waals surface area contributed by atoms with Gasteiger partial charge in [-0.15, -0.1) is 11.6 Å². The first kappa shape index (κ1) is 13.0. The smallest absolute Gasteiger partial charge is 0.305 e. The summed E-state index contributed by atoms with van der Waals surface area (Å²) < 4.78 is 4.83. The Hall–Kier alpha value is -1.09. The van der Waals surface area contributed by atoms with Crippen molar-refractivity contribution in [3.05, 3.63) is 29.6 Å². The predicted octanol–water partition coefficient (Wildman–Crippen LogP) is 3.01. The molecule has 0 spiro atoms. The zero-order chi connectivity index (χ0) is 12.0. The number of esters is 1. The van der Waals surface area contributed by atoms with Crippen LogP contribution in [0.3, 0.4) is 0 Å². The molecule has 0 aliphatic carbocycles. The second-order valence-electron chi connectivity index (χ2n) is 3.54. The first-order chi connectivity index (χ1) is 7.63. The summed E-state index contributed by atoms with van der Waals surface area (Å²) in [4.78, 5) is 15.3. The molecule has 0 aliphatic heterocycles. The quantitative estimate of drug-likeness (QED) is 0.588. The molecule has 0 saturated heterocycles. The van der Waals surface area contributed by atoms with E-state index in [2.05, 4.69) is 4.98 Å². The highest BCUT2D eigenvalue weighted by atomic mass is 35.5. The third kappa shape index (κ3) is 4.19. The van der Waals surface area contributed by atoms with Crippen molar-refractivity contribution in [3.8, 4) is 0 Å². The summed E-state index contributed by atoms with van der Waals surface area (Å²) in [6.07, 6.45) is 2.67. The van der Waals surface area contributed by atoms with Crippen molar-refractivity contribution >= 4 is 17.6 Å². The van der Waals surface area contributed by atoms with Gasteiger partial charge in [-0.1, -0.05) is 6.07 Å². The monoisotopic (exact) mass is 241 g/mol. The molecule has 0 aromatic carbocycles. The van der Waals surface area contributed by atoms with Crippen LogP contribution in [0.2, 0.25) is 0 Å². The number of hydrogen-bond donors (Lipinski definition) is 0. The third-order valence-corrected chi connectivity index (χ3v) is 2.67. The minimum atomic E-state index is -0.201. The van der Waals surface area contributed by atoms with Crippen molar-refractivity contribution in [2.45, 2.75) is 32.1 Å². The van der Waals surface area contributed by atoms with Gasteiger partial charge >= 0.3 is 5.97 Å². The zero-order valence-electron chi connectivity index (χ0n) is 9.57. The summed E-state index contributed by atoms with van der Waals surface area (Å²) in [7, 11) is 0. The van der Waals surface area contributed by atoms with E-state index in [0.717, 1.165) is 11.3 Å². The molecule has 1 heterocycles. The Labute approximate surface area is 101 Å². The molecule has 0 aliphatic rings. The van der Waals surface area contributed by atoms with Crippen LogP contribution in [0.25, 0.3) is 0 Å². The van der Waals surface area contributed by atoms with Crippen LogP contribution >= 0.6 is 11.6 Å². The maximum Gasteiger partial charge on any atom is 0.305 e. The summed E-state index contributed by atoms with van der Waals surface area (Å²) >= 11 is 6.16. The maximum atomic E-state index is 11.1. The number of aromatic nitrogens is 1. The SMILES string of the molecule is CCOC(=O)CCC(Cl)c1ccc(C)nc1. The topological polar surface area (TPSA) is 39.2 Å². The number of rotatable bonds is 5. The minimum absolute atomic E-state index is 0.183. The molecule has 0 saturated carbocycles. The molecule has 0 bridgehead atoms. The Morgan fingerprint density at radius 2 is 2.31 bits per heavy atom. The van der Waals surface area contributed by atoms with Crippen LogP contribution in [0.1, 0.15) is 36.4 Å². The largest absolute Gasteiger partial charge is 0.466 e. The van der Waals surface area contributed by atoms with Crippen molar-refractivity contribution in [2.75, 3.05) is 6.61 Å². The number of carbonyl (C=O) groups is 1. The summed E-state index contributed by atoms with van der Waals surface area (Å²) in [5.41, 5.74) is 1.90. The van der Waals surface area contributed by atoms with E-state index >= 15 is 0 Å². The van der Waals surface area contributed by atoms with Gasteiger partial charge in [-0.25, -0.2) is 0 Å². The van der Waals surface area contributed by atoms with Crippen LogP contribution in [-0.2, 0) is 9.53 Å². The molecule has 1 aromatic heterocycles. The lowest BCUT2D eigenvalue weighted by atomic mass is 10.1. The van der Waals surface area contributed by atoms with Gasteiger partial charge in [0.05, 0.1) is 12.0 Å². The van der Waals surface area contributed by atoms with Gasteiger partial charge in [0, 0.05) is 18.3 Å². The molecule has 1 aromatic rings. The summed E-state index contributed by atoms with van der Waals surface area (Å²) in [5, 5.41) is -0.183. The molecular weight excluding hydrogens is 226 g/mol. The fourth-order valence-electron chi connectivity index (χ4n) is 1.31. The number of pyridine rings is 1. The number of ether oxygens (including phenoxy) is 1. The fourth-order valence-corrected chi connectivity index (χ4v) is 1.55. The van der Waals surface area contributed by atoms with Crippen LogP contribution in [0, 0.1) is 6.92 Å². The van der Waals surface area contributed by atoms with Gasteiger partial charge in [-0.05, 0) is 31.9 Å². The van der Waals surface area contributed by atoms with Crippen molar-refractivity contribution in [1.82, 2.24) is 4.98 Å². The van der Waals surface area contributed by atoms with E-state index in [0.29, 0.717) is 19.4 Å². The van der Waals surface area contributed by atoms with E-state index in [4.69, 9.17) is 16.3 Å². The minimum Gasteiger partial charge on any atom is -0.466 e. The zero-order valence-corrected chi connectivity index (χ0v) is 10.3. The molecule has 0 amide bonds. The first-order valence-corrected chi connectivity index (χ1v) is 5.79. The molecule has 3 nitrogen and oxygen atoms in total.